The Morgan fingerprint density at radius 3 is 2.83 bits per heavy atom. The summed E-state index contributed by atoms with van der Waals surface area (Å²) in [4.78, 5) is 12.8. The highest BCUT2D eigenvalue weighted by Crippen LogP contribution is 2.57. The minimum atomic E-state index is -0.420. The van der Waals surface area contributed by atoms with Crippen molar-refractivity contribution in [3.05, 3.63) is 23.5 Å². The summed E-state index contributed by atoms with van der Waals surface area (Å²) in [5.41, 5.74) is 0.848. The van der Waals surface area contributed by atoms with Crippen molar-refractivity contribution in [2.24, 2.45) is 23.2 Å². The van der Waals surface area contributed by atoms with E-state index < -0.39 is 5.41 Å². The van der Waals surface area contributed by atoms with Crippen molar-refractivity contribution < 1.29 is 14.3 Å². The summed E-state index contributed by atoms with van der Waals surface area (Å²) in [6.45, 7) is 8.93. The van der Waals surface area contributed by atoms with Crippen LogP contribution in [-0.4, -0.2) is 17.7 Å². The quantitative estimate of drug-likeness (QED) is 0.409. The van der Waals surface area contributed by atoms with Crippen molar-refractivity contribution in [1.82, 2.24) is 0 Å². The van der Waals surface area contributed by atoms with Crippen LogP contribution in [0.5, 0.6) is 0 Å². The van der Waals surface area contributed by atoms with E-state index in [-0.39, 0.29) is 17.5 Å². The van der Waals surface area contributed by atoms with Gasteiger partial charge in [0.15, 0.2) is 0 Å². The fraction of sp³-hybridized carbons (Fsp3) is 0.750. The van der Waals surface area contributed by atoms with E-state index in [0.717, 1.165) is 37.9 Å². The van der Waals surface area contributed by atoms with Crippen LogP contribution in [-0.2, 0) is 14.3 Å². The number of hydrogen-bond acceptors (Lipinski definition) is 3. The van der Waals surface area contributed by atoms with Crippen molar-refractivity contribution in [2.45, 2.75) is 71.5 Å². The van der Waals surface area contributed by atoms with Gasteiger partial charge in [-0.1, -0.05) is 25.5 Å². The van der Waals surface area contributed by atoms with Gasteiger partial charge in [-0.25, -0.2) is 0 Å². The molecule has 126 valence electrons. The lowest BCUT2D eigenvalue weighted by atomic mass is 9.72. The largest absolute Gasteiger partial charge is 0.431 e. The van der Waals surface area contributed by atoms with Gasteiger partial charge in [-0.3, -0.25) is 4.79 Å². The highest BCUT2D eigenvalue weighted by molar-refractivity contribution is 5.84. The molecule has 5 atom stereocenters. The molecule has 3 heteroatoms. The van der Waals surface area contributed by atoms with Gasteiger partial charge in [0.25, 0.3) is 0 Å². The lowest BCUT2D eigenvalue weighted by Gasteiger charge is -2.29. The van der Waals surface area contributed by atoms with Crippen LogP contribution in [0.3, 0.4) is 0 Å². The molecule has 1 spiro atoms. The summed E-state index contributed by atoms with van der Waals surface area (Å²) in [6, 6.07) is 0. The Balaban J connectivity index is 1.77. The summed E-state index contributed by atoms with van der Waals surface area (Å²) in [5.74, 6) is 2.27. The third-order valence-corrected chi connectivity index (χ3v) is 6.65. The van der Waals surface area contributed by atoms with Gasteiger partial charge >= 0.3 is 5.97 Å². The first kappa shape index (κ1) is 15.4. The SMILES string of the molecule is C/C1=C\[C@@H]2[C@@H](C(C)C)CC[C@]23C=C(C[C@]2(C)O[C@H]2CC1)OC3=O. The van der Waals surface area contributed by atoms with E-state index in [1.54, 1.807) is 0 Å². The van der Waals surface area contributed by atoms with Crippen LogP contribution in [0.1, 0.15) is 59.8 Å². The Morgan fingerprint density at radius 1 is 1.30 bits per heavy atom. The number of carbonyl (C=O) groups excluding carboxylic acids is 1. The van der Waals surface area contributed by atoms with Crippen LogP contribution in [0.2, 0.25) is 0 Å². The number of allylic oxidation sites excluding steroid dienone is 2. The minimum Gasteiger partial charge on any atom is -0.431 e. The Kier molecular flexibility index (Phi) is 3.32. The molecule has 0 aromatic carbocycles. The van der Waals surface area contributed by atoms with E-state index in [1.807, 2.05) is 0 Å². The Bertz CT molecular complexity index is 602. The van der Waals surface area contributed by atoms with Crippen molar-refractivity contribution in [2.75, 3.05) is 0 Å². The van der Waals surface area contributed by atoms with E-state index in [1.165, 1.54) is 5.57 Å². The molecule has 0 radical (unpaired) electrons. The molecule has 0 aromatic rings. The molecule has 0 N–H and O–H groups in total. The van der Waals surface area contributed by atoms with Crippen LogP contribution < -0.4 is 0 Å². The predicted molar refractivity (Wildman–Crippen MR) is 88.5 cm³/mol. The molecular formula is C20H28O3. The molecule has 0 unspecified atom stereocenters. The average molecular weight is 316 g/mol. The number of ether oxygens (including phenoxy) is 2. The van der Waals surface area contributed by atoms with Crippen molar-refractivity contribution >= 4 is 5.97 Å². The third-order valence-electron chi connectivity index (χ3n) is 6.65. The van der Waals surface area contributed by atoms with Gasteiger partial charge in [-0.05, 0) is 63.4 Å². The fourth-order valence-electron chi connectivity index (χ4n) is 5.14. The van der Waals surface area contributed by atoms with Gasteiger partial charge in [-0.2, -0.15) is 0 Å². The number of fused-ring (bicyclic) bond motifs is 1. The first-order valence-electron chi connectivity index (χ1n) is 9.13. The maximum absolute atomic E-state index is 12.8. The molecule has 23 heavy (non-hydrogen) atoms. The standard InChI is InChI=1S/C20H28O3/c1-12(2)15-7-8-20-11-14(22-18(20)21)10-19(4)17(23-19)6-5-13(3)9-16(15)20/h9,11-12,15-17H,5-8,10H2,1-4H3/b13-9+/t15-,16-,17+,19+,20+/m1/s1. The highest BCUT2D eigenvalue weighted by Gasteiger charge is 2.59. The van der Waals surface area contributed by atoms with E-state index in [2.05, 4.69) is 39.8 Å². The molecule has 0 amide bonds. The number of rotatable bonds is 1. The molecule has 2 bridgehead atoms. The Morgan fingerprint density at radius 2 is 2.09 bits per heavy atom. The topological polar surface area (TPSA) is 38.8 Å². The average Bonchev–Trinajstić information content (AvgIpc) is 2.80. The number of esters is 1. The van der Waals surface area contributed by atoms with Crippen LogP contribution >= 0.6 is 0 Å². The Labute approximate surface area is 139 Å². The van der Waals surface area contributed by atoms with Gasteiger partial charge < -0.3 is 9.47 Å². The lowest BCUT2D eigenvalue weighted by molar-refractivity contribution is -0.146. The number of carbonyl (C=O) groups is 1. The first-order chi connectivity index (χ1) is 10.8. The van der Waals surface area contributed by atoms with E-state index >= 15 is 0 Å². The maximum Gasteiger partial charge on any atom is 0.321 e. The van der Waals surface area contributed by atoms with E-state index in [4.69, 9.17) is 9.47 Å². The molecular weight excluding hydrogens is 288 g/mol. The lowest BCUT2D eigenvalue weighted by Crippen LogP contribution is -2.33. The van der Waals surface area contributed by atoms with Crippen molar-refractivity contribution in [3.8, 4) is 0 Å². The van der Waals surface area contributed by atoms with Gasteiger partial charge in [0.1, 0.15) is 5.76 Å². The molecule has 2 fully saturated rings. The van der Waals surface area contributed by atoms with Gasteiger partial charge in [0, 0.05) is 6.42 Å². The summed E-state index contributed by atoms with van der Waals surface area (Å²) >= 11 is 0. The van der Waals surface area contributed by atoms with Crippen LogP contribution in [0, 0.1) is 23.2 Å². The molecule has 0 aromatic heterocycles. The van der Waals surface area contributed by atoms with Crippen LogP contribution in [0.4, 0.5) is 0 Å². The fourth-order valence-corrected chi connectivity index (χ4v) is 5.14. The molecule has 4 rings (SSSR count). The predicted octanol–water partition coefficient (Wildman–Crippen LogP) is 4.38. The van der Waals surface area contributed by atoms with E-state index in [9.17, 15) is 4.79 Å². The second-order valence-electron chi connectivity index (χ2n) is 8.66. The summed E-state index contributed by atoms with van der Waals surface area (Å²) < 4.78 is 11.7. The smallest absolute Gasteiger partial charge is 0.321 e. The van der Waals surface area contributed by atoms with Crippen LogP contribution in [0.15, 0.2) is 23.5 Å². The third kappa shape index (κ3) is 2.31. The van der Waals surface area contributed by atoms with Crippen molar-refractivity contribution in [1.29, 1.82) is 0 Å². The van der Waals surface area contributed by atoms with Crippen molar-refractivity contribution in [3.63, 3.8) is 0 Å². The van der Waals surface area contributed by atoms with E-state index in [0.29, 0.717) is 17.9 Å². The second kappa shape index (κ2) is 4.95. The molecule has 1 saturated heterocycles. The zero-order chi connectivity index (χ0) is 16.4. The van der Waals surface area contributed by atoms with Gasteiger partial charge in [0.2, 0.25) is 0 Å². The number of hydrogen-bond donors (Lipinski definition) is 0. The summed E-state index contributed by atoms with van der Waals surface area (Å²) in [7, 11) is 0. The highest BCUT2D eigenvalue weighted by atomic mass is 16.6. The normalized spacial score (nSPS) is 47.9. The molecule has 2 aliphatic carbocycles. The summed E-state index contributed by atoms with van der Waals surface area (Å²) in [6.07, 6.45) is 9.79. The summed E-state index contributed by atoms with van der Waals surface area (Å²) in [5, 5.41) is 0. The first-order valence-corrected chi connectivity index (χ1v) is 9.13. The second-order valence-corrected chi connectivity index (χ2v) is 8.66. The Hall–Kier alpha value is -1.09. The molecule has 2 aliphatic heterocycles. The monoisotopic (exact) mass is 316 g/mol. The molecule has 2 heterocycles. The molecule has 4 aliphatic rings. The van der Waals surface area contributed by atoms with Crippen LogP contribution in [0.25, 0.3) is 0 Å². The molecule has 3 nitrogen and oxygen atoms in total. The zero-order valence-corrected chi connectivity index (χ0v) is 14.7. The maximum atomic E-state index is 12.8. The minimum absolute atomic E-state index is 0.0222. The van der Waals surface area contributed by atoms with Gasteiger partial charge in [0.05, 0.1) is 17.1 Å². The molecule has 1 saturated carbocycles. The van der Waals surface area contributed by atoms with Gasteiger partial charge in [-0.15, -0.1) is 0 Å². The zero-order valence-electron chi connectivity index (χ0n) is 14.7. The number of epoxide rings is 1.